The SMILES string of the molecule is CCCCN(C)Cc1cc(CNCC(C)C)sc1C. The van der Waals surface area contributed by atoms with Crippen LogP contribution in [-0.2, 0) is 13.1 Å². The van der Waals surface area contributed by atoms with Gasteiger partial charge in [-0.1, -0.05) is 27.2 Å². The van der Waals surface area contributed by atoms with Gasteiger partial charge in [0.1, 0.15) is 0 Å². The van der Waals surface area contributed by atoms with Crippen molar-refractivity contribution in [2.24, 2.45) is 5.92 Å². The Balaban J connectivity index is 2.44. The van der Waals surface area contributed by atoms with Gasteiger partial charge < -0.3 is 10.2 Å². The van der Waals surface area contributed by atoms with Crippen LogP contribution in [0.4, 0.5) is 0 Å². The van der Waals surface area contributed by atoms with Crippen molar-refractivity contribution < 1.29 is 0 Å². The van der Waals surface area contributed by atoms with Crippen LogP contribution in [0.1, 0.15) is 48.9 Å². The summed E-state index contributed by atoms with van der Waals surface area (Å²) in [6.45, 7) is 13.4. The molecule has 110 valence electrons. The van der Waals surface area contributed by atoms with Crippen molar-refractivity contribution >= 4 is 11.3 Å². The highest BCUT2D eigenvalue weighted by atomic mass is 32.1. The smallest absolute Gasteiger partial charge is 0.0300 e. The summed E-state index contributed by atoms with van der Waals surface area (Å²) in [7, 11) is 2.23. The van der Waals surface area contributed by atoms with Crippen LogP contribution in [0.5, 0.6) is 0 Å². The number of hydrogen-bond acceptors (Lipinski definition) is 3. The maximum absolute atomic E-state index is 3.53. The molecular formula is C16H30N2S. The molecule has 0 aliphatic carbocycles. The minimum atomic E-state index is 0.723. The van der Waals surface area contributed by atoms with Crippen molar-refractivity contribution in [3.8, 4) is 0 Å². The molecule has 19 heavy (non-hydrogen) atoms. The molecular weight excluding hydrogens is 252 g/mol. The Labute approximate surface area is 123 Å². The number of rotatable bonds is 9. The number of unbranched alkanes of at least 4 members (excludes halogenated alkanes) is 1. The number of nitrogens with zero attached hydrogens (tertiary/aromatic N) is 1. The molecule has 0 aromatic carbocycles. The van der Waals surface area contributed by atoms with Crippen LogP contribution in [0.2, 0.25) is 0 Å². The summed E-state index contributed by atoms with van der Waals surface area (Å²) < 4.78 is 0. The number of aryl methyl sites for hydroxylation is 1. The standard InChI is InChI=1S/C16H30N2S/c1-6-7-8-18(5)12-15-9-16(19-14(15)4)11-17-10-13(2)3/h9,13,17H,6-8,10-12H2,1-5H3. The first-order chi connectivity index (χ1) is 9.02. The Morgan fingerprint density at radius 3 is 2.74 bits per heavy atom. The zero-order chi connectivity index (χ0) is 14.3. The van der Waals surface area contributed by atoms with Gasteiger partial charge in [0.15, 0.2) is 0 Å². The first-order valence-corrected chi connectivity index (χ1v) is 8.32. The van der Waals surface area contributed by atoms with Crippen LogP contribution < -0.4 is 5.32 Å². The second-order valence-electron chi connectivity index (χ2n) is 5.91. The minimum absolute atomic E-state index is 0.723. The zero-order valence-corrected chi connectivity index (χ0v) is 14.1. The van der Waals surface area contributed by atoms with Gasteiger partial charge in [-0.15, -0.1) is 11.3 Å². The topological polar surface area (TPSA) is 15.3 Å². The Morgan fingerprint density at radius 1 is 1.37 bits per heavy atom. The molecule has 0 saturated heterocycles. The van der Waals surface area contributed by atoms with E-state index in [0.29, 0.717) is 0 Å². The van der Waals surface area contributed by atoms with Crippen molar-refractivity contribution in [1.29, 1.82) is 0 Å². The number of thiophene rings is 1. The summed E-state index contributed by atoms with van der Waals surface area (Å²) >= 11 is 1.94. The summed E-state index contributed by atoms with van der Waals surface area (Å²) in [6, 6.07) is 2.38. The summed E-state index contributed by atoms with van der Waals surface area (Å²) in [5, 5.41) is 3.53. The maximum atomic E-state index is 3.53. The van der Waals surface area contributed by atoms with Crippen molar-refractivity contribution in [2.75, 3.05) is 20.1 Å². The molecule has 2 nitrogen and oxygen atoms in total. The van der Waals surface area contributed by atoms with Crippen LogP contribution >= 0.6 is 11.3 Å². The zero-order valence-electron chi connectivity index (χ0n) is 13.3. The average molecular weight is 282 g/mol. The average Bonchev–Trinajstić information content (AvgIpc) is 2.67. The predicted molar refractivity (Wildman–Crippen MR) is 86.8 cm³/mol. The van der Waals surface area contributed by atoms with Crippen LogP contribution in [-0.4, -0.2) is 25.0 Å². The molecule has 0 unspecified atom stereocenters. The van der Waals surface area contributed by atoms with E-state index in [0.717, 1.165) is 25.6 Å². The molecule has 0 aliphatic rings. The lowest BCUT2D eigenvalue weighted by atomic mass is 10.2. The van der Waals surface area contributed by atoms with E-state index >= 15 is 0 Å². The van der Waals surface area contributed by atoms with Gasteiger partial charge >= 0.3 is 0 Å². The van der Waals surface area contributed by atoms with Gasteiger partial charge in [0.05, 0.1) is 0 Å². The third kappa shape index (κ3) is 6.55. The van der Waals surface area contributed by atoms with Crippen LogP contribution in [0, 0.1) is 12.8 Å². The van der Waals surface area contributed by atoms with E-state index in [9.17, 15) is 0 Å². The van der Waals surface area contributed by atoms with Crippen molar-refractivity contribution in [3.05, 3.63) is 21.4 Å². The lowest BCUT2D eigenvalue weighted by molar-refractivity contribution is 0.320. The van der Waals surface area contributed by atoms with Crippen LogP contribution in [0.3, 0.4) is 0 Å². The number of hydrogen-bond donors (Lipinski definition) is 1. The molecule has 1 aromatic rings. The van der Waals surface area contributed by atoms with Gasteiger partial charge in [-0.3, -0.25) is 0 Å². The first kappa shape index (κ1) is 16.7. The van der Waals surface area contributed by atoms with Crippen molar-refractivity contribution in [2.45, 2.75) is 53.6 Å². The molecule has 0 amide bonds. The van der Waals surface area contributed by atoms with Crippen LogP contribution in [0.25, 0.3) is 0 Å². The second kappa shape index (κ2) is 8.72. The Kier molecular flexibility index (Phi) is 7.66. The van der Waals surface area contributed by atoms with E-state index < -0.39 is 0 Å². The van der Waals surface area contributed by atoms with Gasteiger partial charge in [0.2, 0.25) is 0 Å². The molecule has 0 spiro atoms. The van der Waals surface area contributed by atoms with E-state index in [-0.39, 0.29) is 0 Å². The fourth-order valence-electron chi connectivity index (χ4n) is 2.11. The third-order valence-electron chi connectivity index (χ3n) is 3.26. The third-order valence-corrected chi connectivity index (χ3v) is 4.35. The molecule has 3 heteroatoms. The summed E-state index contributed by atoms with van der Waals surface area (Å²) in [4.78, 5) is 5.38. The molecule has 0 fully saturated rings. The summed E-state index contributed by atoms with van der Waals surface area (Å²) in [5.41, 5.74) is 1.50. The molecule has 1 N–H and O–H groups in total. The highest BCUT2D eigenvalue weighted by Gasteiger charge is 2.08. The highest BCUT2D eigenvalue weighted by molar-refractivity contribution is 7.12. The predicted octanol–water partition coefficient (Wildman–Crippen LogP) is 4.03. The lowest BCUT2D eigenvalue weighted by Crippen LogP contribution is -2.19. The molecule has 0 bridgehead atoms. The summed E-state index contributed by atoms with van der Waals surface area (Å²) in [6.07, 6.45) is 2.57. The molecule has 0 radical (unpaired) electrons. The highest BCUT2D eigenvalue weighted by Crippen LogP contribution is 2.22. The van der Waals surface area contributed by atoms with Gasteiger partial charge in [-0.2, -0.15) is 0 Å². The van der Waals surface area contributed by atoms with E-state index in [1.165, 1.54) is 34.7 Å². The van der Waals surface area contributed by atoms with Gasteiger partial charge in [-0.05, 0) is 51.0 Å². The lowest BCUT2D eigenvalue weighted by Gasteiger charge is -2.15. The first-order valence-electron chi connectivity index (χ1n) is 7.50. The molecule has 0 aliphatic heterocycles. The van der Waals surface area contributed by atoms with Gasteiger partial charge in [0, 0.05) is 22.8 Å². The van der Waals surface area contributed by atoms with Crippen molar-refractivity contribution in [1.82, 2.24) is 10.2 Å². The van der Waals surface area contributed by atoms with E-state index in [1.807, 2.05) is 11.3 Å². The summed E-state index contributed by atoms with van der Waals surface area (Å²) in [5.74, 6) is 0.723. The fourth-order valence-corrected chi connectivity index (χ4v) is 3.14. The Bertz CT molecular complexity index is 358. The molecule has 0 atom stereocenters. The molecule has 1 aromatic heterocycles. The normalized spacial score (nSPS) is 11.7. The largest absolute Gasteiger partial charge is 0.312 e. The minimum Gasteiger partial charge on any atom is -0.312 e. The molecule has 0 saturated carbocycles. The Morgan fingerprint density at radius 2 is 2.11 bits per heavy atom. The second-order valence-corrected chi connectivity index (χ2v) is 7.25. The van der Waals surface area contributed by atoms with E-state index in [1.54, 1.807) is 0 Å². The molecule has 1 rings (SSSR count). The monoisotopic (exact) mass is 282 g/mol. The number of nitrogens with one attached hydrogen (secondary N) is 1. The fraction of sp³-hybridized carbons (Fsp3) is 0.750. The van der Waals surface area contributed by atoms with Crippen molar-refractivity contribution in [3.63, 3.8) is 0 Å². The van der Waals surface area contributed by atoms with Gasteiger partial charge in [0.25, 0.3) is 0 Å². The maximum Gasteiger partial charge on any atom is 0.0300 e. The van der Waals surface area contributed by atoms with E-state index in [4.69, 9.17) is 0 Å². The quantitative estimate of drug-likeness (QED) is 0.735. The van der Waals surface area contributed by atoms with E-state index in [2.05, 4.69) is 51.0 Å². The van der Waals surface area contributed by atoms with Crippen LogP contribution in [0.15, 0.2) is 6.07 Å². The molecule has 1 heterocycles. The van der Waals surface area contributed by atoms with Gasteiger partial charge in [-0.25, -0.2) is 0 Å². The Hall–Kier alpha value is -0.380.